The van der Waals surface area contributed by atoms with Gasteiger partial charge in [0.25, 0.3) is 0 Å². The summed E-state index contributed by atoms with van der Waals surface area (Å²) in [6, 6.07) is 3.79. The summed E-state index contributed by atoms with van der Waals surface area (Å²) in [7, 11) is 0. The van der Waals surface area contributed by atoms with Gasteiger partial charge in [-0.1, -0.05) is 18.3 Å². The lowest BCUT2D eigenvalue weighted by molar-refractivity contribution is -0.670. The molecule has 1 atom stereocenters. The number of esters is 1. The summed E-state index contributed by atoms with van der Waals surface area (Å²) in [5, 5.41) is 16.5. The van der Waals surface area contributed by atoms with Crippen LogP contribution in [0.15, 0.2) is 34.4 Å². The molecular formula is C19H25N3O3S2. The first kappa shape index (κ1) is 21.5. The van der Waals surface area contributed by atoms with Crippen LogP contribution in [-0.4, -0.2) is 49.2 Å². The summed E-state index contributed by atoms with van der Waals surface area (Å²) in [4.78, 5) is 13.7. The maximum atomic E-state index is 12.4. The van der Waals surface area contributed by atoms with E-state index in [1.807, 2.05) is 17.5 Å². The molecule has 1 saturated heterocycles. The molecule has 6 nitrogen and oxygen atoms in total. The van der Waals surface area contributed by atoms with E-state index in [0.29, 0.717) is 21.8 Å². The fourth-order valence-electron chi connectivity index (χ4n) is 2.78. The molecule has 2 aliphatic heterocycles. The van der Waals surface area contributed by atoms with Gasteiger partial charge in [-0.3, -0.25) is 5.87 Å². The standard InChI is InChI=1S/C15H15N2O2S2.C4H9NO/c1-8(2)19-15(18)12-9(3)17-14(20)10(7-16)13(12)11-5-4-6-21-11;1-3-6-4-2-5-1/h4-6,8,13H,1-3H3,(H,17,20);5H,1-4H2/q-1;/p+1. The molecule has 3 rings (SSSR count). The van der Waals surface area contributed by atoms with E-state index in [2.05, 4.69) is 16.5 Å². The van der Waals surface area contributed by atoms with Crippen molar-refractivity contribution in [3.63, 3.8) is 0 Å². The van der Waals surface area contributed by atoms with Crippen LogP contribution < -0.4 is 10.6 Å². The van der Waals surface area contributed by atoms with Gasteiger partial charge in [0.2, 0.25) is 0 Å². The maximum absolute atomic E-state index is 12.4. The Kier molecular flexibility index (Phi) is 8.34. The van der Waals surface area contributed by atoms with Crippen molar-refractivity contribution in [1.29, 1.82) is 0 Å². The molecular weight excluding hydrogens is 382 g/mol. The van der Waals surface area contributed by atoms with Crippen molar-refractivity contribution in [2.75, 3.05) is 26.3 Å². The van der Waals surface area contributed by atoms with Crippen LogP contribution >= 0.6 is 23.6 Å². The second-order valence-corrected chi connectivity index (χ2v) is 7.79. The van der Waals surface area contributed by atoms with Crippen molar-refractivity contribution in [3.8, 4) is 0 Å². The Morgan fingerprint density at radius 3 is 2.63 bits per heavy atom. The Balaban J connectivity index is 0.000000369. The SMILES string of the molecule is C1COCC[NH2+]1.CC1=C(C(=O)OC(C)C)C(c2cccs2)C(=C=[N-])C(=S)N1. The minimum absolute atomic E-state index is 0.221. The third-order valence-corrected chi connectivity index (χ3v) is 5.23. The average Bonchev–Trinajstić information content (AvgIpc) is 3.16. The number of thiocarbonyl (C=S) groups is 1. The number of hydrogen-bond acceptors (Lipinski definition) is 5. The van der Waals surface area contributed by atoms with Crippen LogP contribution in [0, 0.1) is 0 Å². The van der Waals surface area contributed by atoms with Crippen molar-refractivity contribution >= 4 is 40.4 Å². The molecule has 0 saturated carbocycles. The smallest absolute Gasteiger partial charge is 0.337 e. The normalized spacial score (nSPS) is 19.8. The zero-order chi connectivity index (χ0) is 19.8. The fraction of sp³-hybridized carbons (Fsp3) is 0.474. The largest absolute Gasteiger partial charge is 0.763 e. The summed E-state index contributed by atoms with van der Waals surface area (Å²) >= 11 is 6.72. The quantitative estimate of drug-likeness (QED) is 0.345. The summed E-state index contributed by atoms with van der Waals surface area (Å²) in [5.74, 6) is 1.27. The van der Waals surface area contributed by atoms with Gasteiger partial charge in [0, 0.05) is 16.1 Å². The molecule has 3 N–H and O–H groups in total. The van der Waals surface area contributed by atoms with Gasteiger partial charge in [-0.05, 0) is 32.2 Å². The van der Waals surface area contributed by atoms with Crippen LogP contribution in [0.1, 0.15) is 31.6 Å². The van der Waals surface area contributed by atoms with Gasteiger partial charge in [-0.2, -0.15) is 0 Å². The zero-order valence-electron chi connectivity index (χ0n) is 15.8. The lowest BCUT2D eigenvalue weighted by Gasteiger charge is -2.29. The van der Waals surface area contributed by atoms with Crippen molar-refractivity contribution in [1.82, 2.24) is 5.32 Å². The van der Waals surface area contributed by atoms with Gasteiger partial charge in [-0.25, -0.2) is 4.79 Å². The Morgan fingerprint density at radius 2 is 2.19 bits per heavy atom. The molecule has 3 heterocycles. The number of ether oxygens (including phenoxy) is 2. The molecule has 0 aliphatic carbocycles. The predicted octanol–water partition coefficient (Wildman–Crippen LogP) is 1.73. The molecule has 8 heteroatoms. The van der Waals surface area contributed by atoms with Crippen LogP contribution in [0.2, 0.25) is 0 Å². The number of nitrogens with zero attached hydrogens (tertiary/aromatic N) is 1. The van der Waals surface area contributed by atoms with Gasteiger partial charge in [0.1, 0.15) is 4.99 Å². The molecule has 0 radical (unpaired) electrons. The van der Waals surface area contributed by atoms with Gasteiger partial charge in [0.05, 0.1) is 43.9 Å². The van der Waals surface area contributed by atoms with Crippen molar-refractivity contribution in [2.24, 2.45) is 0 Å². The number of hydrogen-bond donors (Lipinski definition) is 2. The first-order valence-electron chi connectivity index (χ1n) is 8.88. The van der Waals surface area contributed by atoms with Crippen LogP contribution in [0.3, 0.4) is 0 Å². The van der Waals surface area contributed by atoms with Gasteiger partial charge in [0.15, 0.2) is 0 Å². The Labute approximate surface area is 169 Å². The van der Waals surface area contributed by atoms with Gasteiger partial charge >= 0.3 is 5.97 Å². The van der Waals surface area contributed by atoms with E-state index >= 15 is 0 Å². The number of quaternary nitrogens is 1. The molecule has 1 fully saturated rings. The van der Waals surface area contributed by atoms with Crippen molar-refractivity contribution in [3.05, 3.63) is 44.6 Å². The van der Waals surface area contributed by atoms with E-state index in [1.54, 1.807) is 20.8 Å². The molecule has 27 heavy (non-hydrogen) atoms. The van der Waals surface area contributed by atoms with Crippen LogP contribution in [-0.2, 0) is 14.3 Å². The highest BCUT2D eigenvalue weighted by Gasteiger charge is 2.35. The van der Waals surface area contributed by atoms with Crippen LogP contribution in [0.4, 0.5) is 0 Å². The Bertz CT molecular complexity index is 735. The lowest BCUT2D eigenvalue weighted by atomic mass is 9.86. The van der Waals surface area contributed by atoms with Crippen molar-refractivity contribution in [2.45, 2.75) is 32.8 Å². The molecule has 0 spiro atoms. The molecule has 1 aromatic rings. The molecule has 0 bridgehead atoms. The predicted molar refractivity (Wildman–Crippen MR) is 111 cm³/mol. The number of rotatable bonds is 3. The number of carbonyl (C=O) groups excluding carboxylic acids is 1. The highest BCUT2D eigenvalue weighted by atomic mass is 32.1. The van der Waals surface area contributed by atoms with E-state index < -0.39 is 11.9 Å². The summed E-state index contributed by atoms with van der Waals surface area (Å²) < 4.78 is 10.4. The van der Waals surface area contributed by atoms with E-state index in [4.69, 9.17) is 21.7 Å². The Morgan fingerprint density at radius 1 is 1.48 bits per heavy atom. The van der Waals surface area contributed by atoms with Gasteiger partial charge in [-0.15, -0.1) is 11.3 Å². The Hall–Kier alpha value is -1.83. The second-order valence-electron chi connectivity index (χ2n) is 6.40. The van der Waals surface area contributed by atoms with Crippen LogP contribution in [0.25, 0.3) is 5.41 Å². The number of nitrogens with one attached hydrogen (secondary N) is 1. The molecule has 2 aliphatic rings. The highest BCUT2D eigenvalue weighted by Crippen LogP contribution is 2.38. The first-order valence-corrected chi connectivity index (χ1v) is 10.2. The molecule has 1 aromatic heterocycles. The van der Waals surface area contributed by atoms with Gasteiger partial charge < -0.3 is 25.5 Å². The van der Waals surface area contributed by atoms with Crippen LogP contribution in [0.5, 0.6) is 0 Å². The zero-order valence-corrected chi connectivity index (χ0v) is 17.4. The number of morpholine rings is 1. The molecule has 146 valence electrons. The van der Waals surface area contributed by atoms with E-state index in [0.717, 1.165) is 31.2 Å². The van der Waals surface area contributed by atoms with E-state index in [-0.39, 0.29) is 6.10 Å². The third kappa shape index (κ3) is 5.82. The van der Waals surface area contributed by atoms with E-state index in [1.165, 1.54) is 11.3 Å². The minimum atomic E-state index is -0.449. The average molecular weight is 408 g/mol. The first-order chi connectivity index (χ1) is 13.0. The topological polar surface area (TPSA) is 86.5 Å². The van der Waals surface area contributed by atoms with Crippen molar-refractivity contribution < 1.29 is 19.6 Å². The maximum Gasteiger partial charge on any atom is 0.337 e. The minimum Gasteiger partial charge on any atom is -0.763 e. The second kappa shape index (κ2) is 10.5. The number of thiophene rings is 1. The molecule has 0 amide bonds. The third-order valence-electron chi connectivity index (χ3n) is 3.97. The monoisotopic (exact) mass is 407 g/mol. The van der Waals surface area contributed by atoms with E-state index in [9.17, 15) is 10.2 Å². The summed E-state index contributed by atoms with van der Waals surface area (Å²) in [5.41, 5.74) is 1.48. The number of nitrogens with two attached hydrogens (primary N) is 1. The molecule has 1 unspecified atom stereocenters. The number of allylic oxidation sites excluding steroid dienone is 1. The summed E-state index contributed by atoms with van der Waals surface area (Å²) in [6.45, 7) is 9.56. The number of carbonyl (C=O) groups is 1. The lowest BCUT2D eigenvalue weighted by Crippen LogP contribution is -2.87. The molecule has 0 aromatic carbocycles. The fourth-order valence-corrected chi connectivity index (χ4v) is 3.94. The summed E-state index contributed by atoms with van der Waals surface area (Å²) in [6.07, 6.45) is -0.221. The highest BCUT2D eigenvalue weighted by molar-refractivity contribution is 7.80.